The first-order chi connectivity index (χ1) is 26.6. The van der Waals surface area contributed by atoms with Crippen molar-refractivity contribution < 1.29 is 19.8 Å². The SMILES string of the molecule is Cc1c(Cc2nccc3cc(CN[C@@H](C)CO)cnc23)cccc1-c1cccc(NC(=O)c2nc3c(n2C)CCN(CCC2CCC(C(=O)O)CC2)C3)c1Cl. The Morgan fingerprint density at radius 1 is 1.05 bits per heavy atom. The number of carbonyl (C=O) groups excluding carboxylic acids is 1. The molecule has 2 aromatic carbocycles. The predicted octanol–water partition coefficient (Wildman–Crippen LogP) is 6.94. The van der Waals surface area contributed by atoms with Crippen LogP contribution < -0.4 is 10.6 Å². The molecule has 55 heavy (non-hydrogen) atoms. The monoisotopic (exact) mass is 763 g/mol. The number of halogens is 1. The summed E-state index contributed by atoms with van der Waals surface area (Å²) in [5.74, 6) is -0.227. The molecule has 12 heteroatoms. The number of imidazole rings is 1. The van der Waals surface area contributed by atoms with Crippen molar-refractivity contribution in [3.8, 4) is 11.1 Å². The Morgan fingerprint density at radius 2 is 1.84 bits per heavy atom. The van der Waals surface area contributed by atoms with Crippen LogP contribution >= 0.6 is 11.6 Å². The standard InChI is InChI=1S/C43H50ClN7O4/c1-26(25-52)46-22-29-20-32-14-17-45-36(40(32)47-23-29)21-31-6-4-7-33(27(31)2)34-8-5-9-35(39(34)44)49-42(53)41-48-37-24-51(19-16-38(37)50(41)3)18-15-28-10-12-30(13-11-28)43(54)55/h4-9,14,17,20,23,26,28,30,46,52H,10-13,15-16,18-19,21-22,24-25H2,1-3H3,(H,49,53)(H,54,55)/t26-,28?,30?/m0/s1. The van der Waals surface area contributed by atoms with Gasteiger partial charge >= 0.3 is 5.97 Å². The molecule has 2 aliphatic rings. The Bertz CT molecular complexity index is 2200. The van der Waals surface area contributed by atoms with Crippen LogP contribution in [0, 0.1) is 18.8 Å². The van der Waals surface area contributed by atoms with E-state index in [0.717, 1.165) is 107 Å². The van der Waals surface area contributed by atoms with E-state index < -0.39 is 5.97 Å². The molecular formula is C43H50ClN7O4. The number of carboxylic acid groups (broad SMARTS) is 1. The number of pyridine rings is 2. The second-order valence-electron chi connectivity index (χ2n) is 15.3. The highest BCUT2D eigenvalue weighted by atomic mass is 35.5. The number of hydrogen-bond acceptors (Lipinski definition) is 8. The molecule has 0 bridgehead atoms. The predicted molar refractivity (Wildman–Crippen MR) is 215 cm³/mol. The van der Waals surface area contributed by atoms with Gasteiger partial charge in [0.25, 0.3) is 5.91 Å². The van der Waals surface area contributed by atoms with Crippen LogP contribution in [0.25, 0.3) is 22.0 Å². The van der Waals surface area contributed by atoms with Gasteiger partial charge in [-0.1, -0.05) is 41.9 Å². The average Bonchev–Trinajstić information content (AvgIpc) is 3.53. The number of nitrogens with zero attached hydrogens (tertiary/aromatic N) is 5. The normalized spacial score (nSPS) is 17.9. The summed E-state index contributed by atoms with van der Waals surface area (Å²) in [4.78, 5) is 41.8. The number of rotatable bonds is 13. The summed E-state index contributed by atoms with van der Waals surface area (Å²) in [6, 6.07) is 16.0. The molecular weight excluding hydrogens is 714 g/mol. The van der Waals surface area contributed by atoms with Crippen molar-refractivity contribution in [2.75, 3.05) is 25.0 Å². The fraction of sp³-hybridized carbons (Fsp3) is 0.419. The number of aliphatic hydroxyl groups is 1. The molecule has 1 aliphatic carbocycles. The van der Waals surface area contributed by atoms with E-state index in [4.69, 9.17) is 26.6 Å². The zero-order valence-corrected chi connectivity index (χ0v) is 32.6. The molecule has 1 saturated carbocycles. The Hall–Kier alpha value is -4.68. The Balaban J connectivity index is 1.03. The van der Waals surface area contributed by atoms with Gasteiger partial charge in [-0.3, -0.25) is 24.5 Å². The van der Waals surface area contributed by atoms with E-state index in [1.54, 1.807) is 0 Å². The van der Waals surface area contributed by atoms with Crippen LogP contribution in [0.3, 0.4) is 0 Å². The maximum Gasteiger partial charge on any atom is 0.306 e. The maximum atomic E-state index is 13.7. The molecule has 288 valence electrons. The van der Waals surface area contributed by atoms with Gasteiger partial charge in [-0.2, -0.15) is 0 Å². The fourth-order valence-corrected chi connectivity index (χ4v) is 8.42. The second kappa shape index (κ2) is 17.0. The number of aliphatic carboxylic acids is 1. The molecule has 5 aromatic rings. The molecule has 1 aliphatic heterocycles. The molecule has 3 aromatic heterocycles. The van der Waals surface area contributed by atoms with Gasteiger partial charge in [0.05, 0.1) is 40.1 Å². The summed E-state index contributed by atoms with van der Waals surface area (Å²) in [5.41, 5.74) is 9.28. The van der Waals surface area contributed by atoms with Crippen molar-refractivity contribution in [3.63, 3.8) is 0 Å². The van der Waals surface area contributed by atoms with Crippen molar-refractivity contribution in [3.05, 3.63) is 106 Å². The number of hydrogen-bond donors (Lipinski definition) is 4. The topological polar surface area (TPSA) is 146 Å². The Morgan fingerprint density at radius 3 is 2.62 bits per heavy atom. The summed E-state index contributed by atoms with van der Waals surface area (Å²) < 4.78 is 1.91. The highest BCUT2D eigenvalue weighted by Crippen LogP contribution is 2.37. The number of fused-ring (bicyclic) bond motifs is 2. The van der Waals surface area contributed by atoms with Gasteiger partial charge in [0.1, 0.15) is 0 Å². The molecule has 0 spiro atoms. The van der Waals surface area contributed by atoms with Gasteiger partial charge in [0.15, 0.2) is 5.82 Å². The summed E-state index contributed by atoms with van der Waals surface area (Å²) in [7, 11) is 1.90. The number of nitrogens with one attached hydrogen (secondary N) is 2. The largest absolute Gasteiger partial charge is 0.481 e. The lowest BCUT2D eigenvalue weighted by molar-refractivity contribution is -0.143. The number of anilines is 1. The zero-order chi connectivity index (χ0) is 38.6. The number of aliphatic hydroxyl groups excluding tert-OH is 1. The second-order valence-corrected chi connectivity index (χ2v) is 15.7. The van der Waals surface area contributed by atoms with Crippen LogP contribution in [0.5, 0.6) is 0 Å². The third-order valence-electron chi connectivity index (χ3n) is 11.6. The zero-order valence-electron chi connectivity index (χ0n) is 31.8. The van der Waals surface area contributed by atoms with Gasteiger partial charge in [-0.25, -0.2) is 4.98 Å². The molecule has 0 unspecified atom stereocenters. The molecule has 1 amide bonds. The minimum Gasteiger partial charge on any atom is -0.481 e. The van der Waals surface area contributed by atoms with Crippen molar-refractivity contribution in [2.45, 2.75) is 77.9 Å². The molecule has 4 N–H and O–H groups in total. The first kappa shape index (κ1) is 38.6. The lowest BCUT2D eigenvalue weighted by Crippen LogP contribution is -2.33. The van der Waals surface area contributed by atoms with E-state index in [9.17, 15) is 19.8 Å². The van der Waals surface area contributed by atoms with Gasteiger partial charge in [-0.15, -0.1) is 0 Å². The van der Waals surface area contributed by atoms with E-state index in [-0.39, 0.29) is 24.5 Å². The van der Waals surface area contributed by atoms with Crippen LogP contribution in [0.4, 0.5) is 5.69 Å². The van der Waals surface area contributed by atoms with Crippen LogP contribution in [-0.4, -0.2) is 72.2 Å². The molecule has 1 fully saturated rings. The van der Waals surface area contributed by atoms with Crippen LogP contribution in [-0.2, 0) is 37.8 Å². The first-order valence-electron chi connectivity index (χ1n) is 19.3. The molecule has 0 radical (unpaired) electrons. The number of amides is 1. The van der Waals surface area contributed by atoms with E-state index in [2.05, 4.69) is 34.6 Å². The van der Waals surface area contributed by atoms with Crippen LogP contribution in [0.15, 0.2) is 60.9 Å². The minimum absolute atomic E-state index is 0.00439. The maximum absolute atomic E-state index is 13.7. The highest BCUT2D eigenvalue weighted by Gasteiger charge is 2.29. The fourth-order valence-electron chi connectivity index (χ4n) is 8.15. The Labute approximate surface area is 327 Å². The number of carbonyl (C=O) groups is 2. The molecule has 11 nitrogen and oxygen atoms in total. The number of carboxylic acids is 1. The molecule has 7 rings (SSSR count). The highest BCUT2D eigenvalue weighted by molar-refractivity contribution is 6.36. The lowest BCUT2D eigenvalue weighted by atomic mass is 9.80. The smallest absolute Gasteiger partial charge is 0.306 e. The van der Waals surface area contributed by atoms with E-state index in [1.165, 1.54) is 0 Å². The third kappa shape index (κ3) is 8.60. The number of aromatic nitrogens is 4. The van der Waals surface area contributed by atoms with Gasteiger partial charge in [0, 0.05) is 74.6 Å². The summed E-state index contributed by atoms with van der Waals surface area (Å²) in [5, 5.41) is 26.5. The minimum atomic E-state index is -0.661. The average molecular weight is 764 g/mol. The Kier molecular flexibility index (Phi) is 11.9. The number of benzene rings is 2. The summed E-state index contributed by atoms with van der Waals surface area (Å²) in [6.07, 6.45) is 9.65. The third-order valence-corrected chi connectivity index (χ3v) is 12.0. The molecule has 1 atom stereocenters. The van der Waals surface area contributed by atoms with Crippen LogP contribution in [0.1, 0.15) is 83.4 Å². The van der Waals surface area contributed by atoms with Crippen molar-refractivity contribution in [2.24, 2.45) is 18.9 Å². The first-order valence-corrected chi connectivity index (χ1v) is 19.7. The van der Waals surface area contributed by atoms with Crippen molar-refractivity contribution >= 4 is 40.1 Å². The van der Waals surface area contributed by atoms with E-state index >= 15 is 0 Å². The van der Waals surface area contributed by atoms with E-state index in [0.29, 0.717) is 42.0 Å². The van der Waals surface area contributed by atoms with Crippen molar-refractivity contribution in [1.82, 2.24) is 29.7 Å². The summed E-state index contributed by atoms with van der Waals surface area (Å²) >= 11 is 7.07. The van der Waals surface area contributed by atoms with E-state index in [1.807, 2.05) is 67.3 Å². The van der Waals surface area contributed by atoms with Crippen LogP contribution in [0.2, 0.25) is 5.02 Å². The summed E-state index contributed by atoms with van der Waals surface area (Å²) in [6.45, 7) is 7.27. The van der Waals surface area contributed by atoms with Gasteiger partial charge < -0.3 is 25.4 Å². The quantitative estimate of drug-likeness (QED) is 0.100. The molecule has 4 heterocycles. The van der Waals surface area contributed by atoms with Gasteiger partial charge in [0.2, 0.25) is 0 Å². The van der Waals surface area contributed by atoms with Gasteiger partial charge in [-0.05, 0) is 98.9 Å². The lowest BCUT2D eigenvalue weighted by Gasteiger charge is -2.30. The molecule has 0 saturated heterocycles. The van der Waals surface area contributed by atoms with Crippen molar-refractivity contribution in [1.29, 1.82) is 0 Å².